The van der Waals surface area contributed by atoms with Crippen molar-refractivity contribution in [2.75, 3.05) is 12.3 Å². The van der Waals surface area contributed by atoms with Gasteiger partial charge in [-0.05, 0) is 17.2 Å². The van der Waals surface area contributed by atoms with Gasteiger partial charge in [-0.2, -0.15) is 0 Å². The Morgan fingerprint density at radius 2 is 1.90 bits per heavy atom. The van der Waals surface area contributed by atoms with E-state index in [-0.39, 0.29) is 36.0 Å². The number of hydrogen-bond donors (Lipinski definition) is 2. The maximum absolute atomic E-state index is 12.7. The minimum atomic E-state index is -1.17. The molecule has 0 aliphatic carbocycles. The number of carboxylic acids is 1. The molecule has 2 N–H and O–H groups in total. The predicted molar refractivity (Wildman–Crippen MR) is 122 cm³/mol. The van der Waals surface area contributed by atoms with Crippen molar-refractivity contribution in [3.05, 3.63) is 65.7 Å². The zero-order valence-corrected chi connectivity index (χ0v) is 18.9. The second kappa shape index (κ2) is 9.14. The van der Waals surface area contributed by atoms with Crippen LogP contribution < -0.4 is 5.32 Å². The first-order chi connectivity index (χ1) is 14.9. The first-order valence-corrected chi connectivity index (χ1v) is 12.2. The fraction of sp³-hybridized carbons (Fsp3) is 0.318. The van der Waals surface area contributed by atoms with Gasteiger partial charge in [0.05, 0.1) is 6.42 Å². The SMILES string of the molecule is O=C(Cc1ccccc1)N[C@@H]1C(=O)N2CC(Sc3ccccc3CCl)(C(=O)O)CS[C@H]12. The molecular formula is C22H21ClN2O4S2. The Morgan fingerprint density at radius 1 is 1.19 bits per heavy atom. The van der Waals surface area contributed by atoms with Gasteiger partial charge in [0, 0.05) is 23.1 Å². The number of thioether (sulfide) groups is 2. The van der Waals surface area contributed by atoms with Crippen molar-refractivity contribution in [2.24, 2.45) is 0 Å². The van der Waals surface area contributed by atoms with Crippen molar-refractivity contribution in [1.82, 2.24) is 10.2 Å². The Balaban J connectivity index is 1.43. The Labute approximate surface area is 193 Å². The van der Waals surface area contributed by atoms with Crippen LogP contribution in [-0.2, 0) is 26.7 Å². The molecule has 0 spiro atoms. The molecule has 0 aromatic heterocycles. The summed E-state index contributed by atoms with van der Waals surface area (Å²) in [5.41, 5.74) is 1.74. The van der Waals surface area contributed by atoms with Crippen molar-refractivity contribution in [1.29, 1.82) is 0 Å². The standard InChI is InChI=1S/C22H21ClN2O4S2/c23-11-15-8-4-5-9-16(15)31-22(21(28)29)12-25-19(27)18(20(25)30-13-22)24-17(26)10-14-6-2-1-3-7-14/h1-9,18,20H,10-13H2,(H,24,26)(H,28,29)/t18-,20-,22?/m1/s1. The average molecular weight is 477 g/mol. The van der Waals surface area contributed by atoms with Gasteiger partial charge in [-0.3, -0.25) is 14.4 Å². The van der Waals surface area contributed by atoms with Crippen LogP contribution in [0.15, 0.2) is 59.5 Å². The van der Waals surface area contributed by atoms with Gasteiger partial charge in [-0.25, -0.2) is 0 Å². The summed E-state index contributed by atoms with van der Waals surface area (Å²) in [5, 5.41) is 12.6. The minimum Gasteiger partial charge on any atom is -0.480 e. The first kappa shape index (κ1) is 22.0. The summed E-state index contributed by atoms with van der Waals surface area (Å²) in [7, 11) is 0. The molecule has 6 nitrogen and oxygen atoms in total. The molecule has 2 aliphatic rings. The van der Waals surface area contributed by atoms with Crippen molar-refractivity contribution in [2.45, 2.75) is 33.4 Å². The number of alkyl halides is 1. The number of fused-ring (bicyclic) bond motifs is 1. The van der Waals surface area contributed by atoms with Crippen molar-refractivity contribution in [3.8, 4) is 0 Å². The van der Waals surface area contributed by atoms with E-state index in [4.69, 9.17) is 11.6 Å². The van der Waals surface area contributed by atoms with Gasteiger partial charge in [-0.15, -0.1) is 35.1 Å². The molecule has 2 heterocycles. The average Bonchev–Trinajstić information content (AvgIpc) is 2.78. The number of carbonyl (C=O) groups excluding carboxylic acids is 2. The summed E-state index contributed by atoms with van der Waals surface area (Å²) >= 11 is 8.66. The maximum atomic E-state index is 12.7. The van der Waals surface area contributed by atoms with E-state index in [9.17, 15) is 19.5 Å². The smallest absolute Gasteiger partial charge is 0.322 e. The molecule has 9 heteroatoms. The van der Waals surface area contributed by atoms with Crippen LogP contribution in [0, 0.1) is 0 Å². The number of halogens is 1. The fourth-order valence-corrected chi connectivity index (χ4v) is 6.99. The van der Waals surface area contributed by atoms with Crippen molar-refractivity contribution < 1.29 is 19.5 Å². The summed E-state index contributed by atoms with van der Waals surface area (Å²) in [6.07, 6.45) is 0.201. The molecule has 2 saturated heterocycles. The molecular weight excluding hydrogens is 456 g/mol. The molecule has 2 aliphatic heterocycles. The molecule has 2 aromatic rings. The molecule has 4 rings (SSSR count). The van der Waals surface area contributed by atoms with Gasteiger partial charge in [0.25, 0.3) is 0 Å². The van der Waals surface area contributed by atoms with Crippen LogP contribution in [0.5, 0.6) is 0 Å². The number of carbonyl (C=O) groups is 3. The van der Waals surface area contributed by atoms with E-state index >= 15 is 0 Å². The number of carboxylic acid groups (broad SMARTS) is 1. The van der Waals surface area contributed by atoms with Gasteiger partial charge in [0.1, 0.15) is 16.2 Å². The molecule has 2 aromatic carbocycles. The van der Waals surface area contributed by atoms with Crippen LogP contribution >= 0.6 is 35.1 Å². The van der Waals surface area contributed by atoms with Crippen molar-refractivity contribution >= 4 is 52.9 Å². The lowest BCUT2D eigenvalue weighted by molar-refractivity contribution is -0.152. The number of hydrogen-bond acceptors (Lipinski definition) is 5. The zero-order valence-electron chi connectivity index (χ0n) is 16.5. The third kappa shape index (κ3) is 4.42. The second-order valence-corrected chi connectivity index (χ2v) is 10.3. The van der Waals surface area contributed by atoms with Gasteiger partial charge in [0.2, 0.25) is 11.8 Å². The number of nitrogens with zero attached hydrogens (tertiary/aromatic N) is 1. The Morgan fingerprint density at radius 3 is 2.61 bits per heavy atom. The summed E-state index contributed by atoms with van der Waals surface area (Å²) < 4.78 is -1.17. The molecule has 162 valence electrons. The molecule has 3 atom stereocenters. The largest absolute Gasteiger partial charge is 0.480 e. The predicted octanol–water partition coefficient (Wildman–Crippen LogP) is 2.98. The second-order valence-electron chi connectivity index (χ2n) is 7.52. The lowest BCUT2D eigenvalue weighted by Gasteiger charge is -2.53. The molecule has 1 unspecified atom stereocenters. The topological polar surface area (TPSA) is 86.7 Å². The molecule has 0 saturated carbocycles. The highest BCUT2D eigenvalue weighted by molar-refractivity contribution is 8.05. The number of rotatable bonds is 7. The molecule has 2 fully saturated rings. The lowest BCUT2D eigenvalue weighted by atomic mass is 10.0. The van der Waals surface area contributed by atoms with Gasteiger partial charge >= 0.3 is 5.97 Å². The van der Waals surface area contributed by atoms with Crippen LogP contribution in [0.4, 0.5) is 0 Å². The van der Waals surface area contributed by atoms with Gasteiger partial charge < -0.3 is 15.3 Å². The number of benzene rings is 2. The van der Waals surface area contributed by atoms with Crippen LogP contribution in [0.3, 0.4) is 0 Å². The number of amides is 2. The Bertz CT molecular complexity index is 1010. The number of β-lactam (4-membered cyclic amide) rings is 1. The lowest BCUT2D eigenvalue weighted by Crippen LogP contribution is -2.74. The third-order valence-electron chi connectivity index (χ3n) is 5.39. The van der Waals surface area contributed by atoms with Gasteiger partial charge in [0.15, 0.2) is 0 Å². The summed E-state index contributed by atoms with van der Waals surface area (Å²) in [6, 6.07) is 16.2. The van der Waals surface area contributed by atoms with E-state index in [1.807, 2.05) is 54.6 Å². The summed E-state index contributed by atoms with van der Waals surface area (Å²) in [4.78, 5) is 39.7. The van der Waals surface area contributed by atoms with Crippen LogP contribution in [-0.4, -0.2) is 56.3 Å². The highest BCUT2D eigenvalue weighted by Crippen LogP contribution is 2.47. The monoisotopic (exact) mass is 476 g/mol. The first-order valence-electron chi connectivity index (χ1n) is 9.75. The molecule has 2 amide bonds. The highest BCUT2D eigenvalue weighted by atomic mass is 35.5. The van der Waals surface area contributed by atoms with Crippen molar-refractivity contribution in [3.63, 3.8) is 0 Å². The quantitative estimate of drug-likeness (QED) is 0.472. The Kier molecular flexibility index (Phi) is 6.50. The maximum Gasteiger partial charge on any atom is 0.322 e. The minimum absolute atomic E-state index is 0.0885. The van der Waals surface area contributed by atoms with E-state index in [1.165, 1.54) is 23.5 Å². The van der Waals surface area contributed by atoms with E-state index in [0.717, 1.165) is 16.0 Å². The van der Waals surface area contributed by atoms with Crippen LogP contribution in [0.25, 0.3) is 0 Å². The van der Waals surface area contributed by atoms with Crippen LogP contribution in [0.2, 0.25) is 0 Å². The van der Waals surface area contributed by atoms with E-state index in [2.05, 4.69) is 5.32 Å². The summed E-state index contributed by atoms with van der Waals surface area (Å²) in [6.45, 7) is 0.0885. The third-order valence-corrected chi connectivity index (χ3v) is 8.85. The number of aliphatic carboxylic acids is 1. The van der Waals surface area contributed by atoms with E-state index in [0.29, 0.717) is 5.75 Å². The molecule has 0 radical (unpaired) electrons. The molecule has 31 heavy (non-hydrogen) atoms. The summed E-state index contributed by atoms with van der Waals surface area (Å²) in [5.74, 6) is -0.812. The van der Waals surface area contributed by atoms with Gasteiger partial charge in [-0.1, -0.05) is 48.5 Å². The Hall–Kier alpha value is -2.16. The number of nitrogens with one attached hydrogen (secondary N) is 1. The molecule has 0 bridgehead atoms. The normalized spacial score (nSPS) is 24.8. The highest BCUT2D eigenvalue weighted by Gasteiger charge is 2.58. The zero-order chi connectivity index (χ0) is 22.0. The van der Waals surface area contributed by atoms with E-state index < -0.39 is 16.8 Å². The van der Waals surface area contributed by atoms with E-state index in [1.54, 1.807) is 4.90 Å². The fourth-order valence-electron chi connectivity index (χ4n) is 3.72. The van der Waals surface area contributed by atoms with Crippen LogP contribution in [0.1, 0.15) is 11.1 Å².